The predicted octanol–water partition coefficient (Wildman–Crippen LogP) is 16.6. The first-order valence-corrected chi connectivity index (χ1v) is 21.8. The second-order valence-corrected chi connectivity index (χ2v) is 16.5. The molecule has 0 radical (unpaired) electrons. The van der Waals surface area contributed by atoms with Gasteiger partial charge < -0.3 is 18.5 Å². The minimum Gasteiger partial charge on any atom is -0.456 e. The van der Waals surface area contributed by atoms with E-state index < -0.39 is 0 Å². The molecule has 0 unspecified atom stereocenters. The fraction of sp³-hybridized carbons (Fsp3) is 0. The Bertz CT molecular complexity index is 3860. The largest absolute Gasteiger partial charge is 0.456 e. The summed E-state index contributed by atoms with van der Waals surface area (Å²) in [7, 11) is 0. The van der Waals surface area contributed by atoms with Crippen LogP contribution in [0.4, 0.5) is 17.1 Å². The minimum absolute atomic E-state index is 0.878. The first kappa shape index (κ1) is 36.1. The summed E-state index contributed by atoms with van der Waals surface area (Å²) in [6.45, 7) is 0. The Labute approximate surface area is 369 Å². The van der Waals surface area contributed by atoms with Gasteiger partial charge >= 0.3 is 0 Å². The van der Waals surface area contributed by atoms with Crippen LogP contribution >= 0.6 is 0 Å². The number of fused-ring (bicyclic) bond motifs is 9. The van der Waals surface area contributed by atoms with Crippen molar-refractivity contribution in [3.05, 3.63) is 237 Å². The van der Waals surface area contributed by atoms with Crippen molar-refractivity contribution in [2.75, 3.05) is 4.90 Å². The third kappa shape index (κ3) is 5.70. The van der Waals surface area contributed by atoms with Gasteiger partial charge in [0.05, 0.1) is 22.1 Å². The van der Waals surface area contributed by atoms with Crippen LogP contribution in [0.5, 0.6) is 0 Å². The maximum Gasteiger partial charge on any atom is 0.136 e. The summed E-state index contributed by atoms with van der Waals surface area (Å²) in [4.78, 5) is 2.36. The molecule has 0 atom stereocenters. The van der Waals surface area contributed by atoms with Gasteiger partial charge in [0.1, 0.15) is 11.2 Å². The molecule has 0 aliphatic carbocycles. The van der Waals surface area contributed by atoms with E-state index in [9.17, 15) is 0 Å². The number of rotatable bonds is 7. The van der Waals surface area contributed by atoms with Gasteiger partial charge in [0.15, 0.2) is 0 Å². The van der Waals surface area contributed by atoms with Crippen LogP contribution in [0.1, 0.15) is 0 Å². The summed E-state index contributed by atoms with van der Waals surface area (Å²) in [6, 6.07) is 85.3. The van der Waals surface area contributed by atoms with Crippen molar-refractivity contribution in [3.63, 3.8) is 0 Å². The van der Waals surface area contributed by atoms with Crippen LogP contribution in [0.15, 0.2) is 241 Å². The average molecular weight is 818 g/mol. The number of aromatic nitrogens is 2. The van der Waals surface area contributed by atoms with Gasteiger partial charge in [-0.25, -0.2) is 0 Å². The zero-order chi connectivity index (χ0) is 42.1. The molecule has 300 valence electrons. The molecule has 10 aromatic carbocycles. The summed E-state index contributed by atoms with van der Waals surface area (Å²) in [5, 5.41) is 7.12. The second-order valence-electron chi connectivity index (χ2n) is 16.5. The molecule has 13 aromatic rings. The monoisotopic (exact) mass is 817 g/mol. The number of benzene rings is 10. The van der Waals surface area contributed by atoms with E-state index in [1.807, 2.05) is 6.07 Å². The first-order valence-electron chi connectivity index (χ1n) is 21.8. The molecule has 64 heavy (non-hydrogen) atoms. The van der Waals surface area contributed by atoms with E-state index in [1.54, 1.807) is 0 Å². The molecule has 13 rings (SSSR count). The van der Waals surface area contributed by atoms with Gasteiger partial charge in [-0.05, 0) is 125 Å². The average Bonchev–Trinajstić information content (AvgIpc) is 4.02. The van der Waals surface area contributed by atoms with Gasteiger partial charge in [0, 0.05) is 60.8 Å². The Morgan fingerprint density at radius 3 is 1.59 bits per heavy atom. The Morgan fingerprint density at radius 2 is 0.859 bits per heavy atom. The van der Waals surface area contributed by atoms with Crippen LogP contribution in [-0.2, 0) is 0 Å². The Hall–Kier alpha value is -8.60. The van der Waals surface area contributed by atoms with Crippen molar-refractivity contribution in [1.82, 2.24) is 9.13 Å². The van der Waals surface area contributed by atoms with Crippen molar-refractivity contribution < 1.29 is 4.42 Å². The Balaban J connectivity index is 1.06. The van der Waals surface area contributed by atoms with Gasteiger partial charge in [0.25, 0.3) is 0 Å². The SMILES string of the molecule is c1ccc(N(c2ccccc2)c2cc(-c3ccc4c5ccccc5n(-c5ccc6c(c5)c5ccccc5n6-c5ccccc5)c4c3)cc(-c3cccc4oc5ccccc5c34)c2)cc1. The number of furan rings is 1. The highest BCUT2D eigenvalue weighted by Crippen LogP contribution is 2.44. The molecule has 4 heteroatoms. The molecule has 0 spiro atoms. The summed E-state index contributed by atoms with van der Waals surface area (Å²) >= 11 is 0. The topological polar surface area (TPSA) is 26.2 Å². The van der Waals surface area contributed by atoms with E-state index in [0.29, 0.717) is 0 Å². The summed E-state index contributed by atoms with van der Waals surface area (Å²) in [5.41, 5.74) is 16.5. The maximum absolute atomic E-state index is 6.44. The predicted molar refractivity (Wildman–Crippen MR) is 268 cm³/mol. The quantitative estimate of drug-likeness (QED) is 0.160. The van der Waals surface area contributed by atoms with Crippen LogP contribution in [0, 0.1) is 0 Å². The van der Waals surface area contributed by atoms with Crippen molar-refractivity contribution in [3.8, 4) is 33.6 Å². The summed E-state index contributed by atoms with van der Waals surface area (Å²) in [5.74, 6) is 0. The lowest BCUT2D eigenvalue weighted by atomic mass is 9.94. The third-order valence-electron chi connectivity index (χ3n) is 12.9. The number of hydrogen-bond donors (Lipinski definition) is 0. The molecule has 0 fully saturated rings. The third-order valence-corrected chi connectivity index (χ3v) is 12.9. The highest BCUT2D eigenvalue weighted by Gasteiger charge is 2.21. The fourth-order valence-electron chi connectivity index (χ4n) is 10.1. The van der Waals surface area contributed by atoms with Crippen LogP contribution in [0.25, 0.3) is 99.2 Å². The number of para-hydroxylation sites is 6. The lowest BCUT2D eigenvalue weighted by Gasteiger charge is -2.27. The first-order chi connectivity index (χ1) is 31.7. The normalized spacial score (nSPS) is 11.8. The zero-order valence-corrected chi connectivity index (χ0v) is 34.8. The van der Waals surface area contributed by atoms with Crippen molar-refractivity contribution in [2.24, 2.45) is 0 Å². The molecular weight excluding hydrogens is 779 g/mol. The molecule has 0 saturated carbocycles. The molecule has 0 bridgehead atoms. The molecule has 4 nitrogen and oxygen atoms in total. The Kier molecular flexibility index (Phi) is 8.18. The zero-order valence-electron chi connectivity index (χ0n) is 34.8. The molecule has 3 heterocycles. The van der Waals surface area contributed by atoms with E-state index in [2.05, 4.69) is 245 Å². The highest BCUT2D eigenvalue weighted by atomic mass is 16.3. The van der Waals surface area contributed by atoms with Gasteiger partial charge in [-0.15, -0.1) is 0 Å². The standard InChI is InChI=1S/C60H39N3O/c1-4-17-43(18-5-1)61(44-19-6-2-7-20-44)47-36-41(35-42(37-47)48-26-16-30-59-60(48)52-25-12-15-29-58(52)64-59)40-31-33-51-49-23-10-13-27-54(49)63(57(51)38-40)46-32-34-56-53(39-46)50-24-11-14-28-55(50)62(56)45-21-8-3-9-22-45/h1-39H. The lowest BCUT2D eigenvalue weighted by Crippen LogP contribution is -2.10. The lowest BCUT2D eigenvalue weighted by molar-refractivity contribution is 0.669. The van der Waals surface area contributed by atoms with Crippen molar-refractivity contribution in [1.29, 1.82) is 0 Å². The summed E-state index contributed by atoms with van der Waals surface area (Å²) in [6.07, 6.45) is 0. The molecular formula is C60H39N3O. The van der Waals surface area contributed by atoms with Gasteiger partial charge in [0.2, 0.25) is 0 Å². The van der Waals surface area contributed by atoms with E-state index >= 15 is 0 Å². The van der Waals surface area contributed by atoms with Gasteiger partial charge in [-0.3, -0.25) is 0 Å². The van der Waals surface area contributed by atoms with Gasteiger partial charge in [-0.2, -0.15) is 0 Å². The number of hydrogen-bond acceptors (Lipinski definition) is 2. The maximum atomic E-state index is 6.44. The minimum atomic E-state index is 0.878. The van der Waals surface area contributed by atoms with Crippen LogP contribution in [-0.4, -0.2) is 9.13 Å². The molecule has 0 saturated heterocycles. The van der Waals surface area contributed by atoms with E-state index in [1.165, 1.54) is 38.1 Å². The number of nitrogens with zero attached hydrogens (tertiary/aromatic N) is 3. The van der Waals surface area contributed by atoms with Crippen molar-refractivity contribution >= 4 is 82.6 Å². The van der Waals surface area contributed by atoms with Crippen LogP contribution in [0.3, 0.4) is 0 Å². The smallest absolute Gasteiger partial charge is 0.136 e. The van der Waals surface area contributed by atoms with Crippen LogP contribution < -0.4 is 4.90 Å². The van der Waals surface area contributed by atoms with E-state index in [0.717, 1.165) is 78.1 Å². The van der Waals surface area contributed by atoms with Gasteiger partial charge in [-0.1, -0.05) is 133 Å². The molecule has 0 aliphatic heterocycles. The molecule has 0 N–H and O–H groups in total. The van der Waals surface area contributed by atoms with E-state index in [4.69, 9.17) is 4.42 Å². The number of anilines is 3. The summed E-state index contributed by atoms with van der Waals surface area (Å²) < 4.78 is 11.3. The van der Waals surface area contributed by atoms with Crippen LogP contribution in [0.2, 0.25) is 0 Å². The van der Waals surface area contributed by atoms with E-state index in [-0.39, 0.29) is 0 Å². The highest BCUT2D eigenvalue weighted by molar-refractivity contribution is 6.14. The molecule has 3 aromatic heterocycles. The Morgan fingerprint density at radius 1 is 0.297 bits per heavy atom. The fourth-order valence-corrected chi connectivity index (χ4v) is 10.1. The molecule has 0 amide bonds. The van der Waals surface area contributed by atoms with Crippen molar-refractivity contribution in [2.45, 2.75) is 0 Å². The second kappa shape index (κ2) is 14.5. The molecule has 0 aliphatic rings.